The van der Waals surface area contributed by atoms with Gasteiger partial charge < -0.3 is 26.6 Å². The van der Waals surface area contributed by atoms with Crippen LogP contribution in [0, 0.1) is 0 Å². The maximum absolute atomic E-state index is 5.53. The van der Waals surface area contributed by atoms with Crippen molar-refractivity contribution in [2.75, 3.05) is 90.0 Å². The van der Waals surface area contributed by atoms with Gasteiger partial charge in [0.1, 0.15) is 0 Å². The molecular formula is C35H79N7S2. The van der Waals surface area contributed by atoms with Crippen molar-refractivity contribution in [3.63, 3.8) is 0 Å². The van der Waals surface area contributed by atoms with Gasteiger partial charge in [-0.1, -0.05) is 102 Å². The number of nitrogens with zero attached hydrogens (tertiary/aromatic N) is 1. The maximum Gasteiger partial charge on any atom is 0.00786 e. The molecule has 0 saturated heterocycles. The first-order valence-corrected chi connectivity index (χ1v) is 21.1. The first kappa shape index (κ1) is 44.4. The minimum atomic E-state index is 0.785. The highest BCUT2D eigenvalue weighted by Crippen LogP contribution is 2.09. The van der Waals surface area contributed by atoms with Crippen LogP contribution < -0.4 is 31.1 Å². The predicted octanol–water partition coefficient (Wildman–Crippen LogP) is 6.94. The highest BCUT2D eigenvalue weighted by molar-refractivity contribution is 7.97. The summed E-state index contributed by atoms with van der Waals surface area (Å²) in [5.74, 6) is 2.51. The molecule has 0 saturated carbocycles. The van der Waals surface area contributed by atoms with Crippen molar-refractivity contribution in [1.29, 1.82) is 0 Å². The lowest BCUT2D eigenvalue weighted by molar-refractivity contribution is 0.264. The van der Waals surface area contributed by atoms with Gasteiger partial charge in [-0.15, -0.1) is 0 Å². The maximum atomic E-state index is 5.53. The average molecular weight is 662 g/mol. The SMILES string of the molecule is CCCCCCCCSNCCCN(CCCNCCCNCCCCNCCCN)CCCNSCCCCCCCC. The molecule has 0 aromatic heterocycles. The Labute approximate surface area is 285 Å². The van der Waals surface area contributed by atoms with Gasteiger partial charge in [-0.2, -0.15) is 0 Å². The third-order valence-electron chi connectivity index (χ3n) is 7.96. The Kier molecular flexibility index (Phi) is 41.8. The topological polar surface area (TPSA) is 89.4 Å². The number of unbranched alkanes of at least 4 members (excludes halogenated alkanes) is 11. The molecular weight excluding hydrogens is 583 g/mol. The van der Waals surface area contributed by atoms with Gasteiger partial charge in [0, 0.05) is 24.6 Å². The van der Waals surface area contributed by atoms with Crippen LogP contribution in [0.1, 0.15) is 136 Å². The lowest BCUT2D eigenvalue weighted by atomic mass is 10.1. The fourth-order valence-electron chi connectivity index (χ4n) is 5.15. The van der Waals surface area contributed by atoms with Gasteiger partial charge in [-0.05, 0) is 123 Å². The summed E-state index contributed by atoms with van der Waals surface area (Å²) < 4.78 is 7.25. The summed E-state index contributed by atoms with van der Waals surface area (Å²) in [6.45, 7) is 17.9. The molecule has 0 spiro atoms. The molecule has 0 aliphatic heterocycles. The van der Waals surface area contributed by atoms with Gasteiger partial charge in [0.15, 0.2) is 0 Å². The van der Waals surface area contributed by atoms with Gasteiger partial charge in [0.25, 0.3) is 0 Å². The molecule has 0 aromatic carbocycles. The second kappa shape index (κ2) is 41.4. The molecule has 0 radical (unpaired) electrons. The van der Waals surface area contributed by atoms with Crippen molar-refractivity contribution < 1.29 is 0 Å². The van der Waals surface area contributed by atoms with E-state index in [-0.39, 0.29) is 0 Å². The Bertz CT molecular complexity index is 480. The standard InChI is InChI=1S/C35H79N7S2/c1-3-5-7-9-11-15-34-43-40-29-20-32-42(33-21-30-41-44-35-16-12-10-8-6-4-2)31-19-28-39-27-18-26-38-24-14-13-23-37-25-17-22-36/h37-41H,3-36H2,1-2H3. The van der Waals surface area contributed by atoms with Gasteiger partial charge in [0.05, 0.1) is 0 Å². The van der Waals surface area contributed by atoms with E-state index in [1.807, 2.05) is 23.9 Å². The van der Waals surface area contributed by atoms with Gasteiger partial charge in [-0.3, -0.25) is 9.44 Å². The van der Waals surface area contributed by atoms with Crippen molar-refractivity contribution in [3.8, 4) is 0 Å². The van der Waals surface area contributed by atoms with E-state index >= 15 is 0 Å². The van der Waals surface area contributed by atoms with Gasteiger partial charge in [-0.25, -0.2) is 0 Å². The van der Waals surface area contributed by atoms with E-state index in [2.05, 4.69) is 44.1 Å². The molecule has 0 unspecified atom stereocenters. The zero-order valence-electron chi connectivity index (χ0n) is 29.7. The highest BCUT2D eigenvalue weighted by Gasteiger charge is 2.05. The van der Waals surface area contributed by atoms with Crippen molar-refractivity contribution in [2.24, 2.45) is 5.73 Å². The van der Waals surface area contributed by atoms with E-state index in [4.69, 9.17) is 5.73 Å². The number of nitrogens with one attached hydrogen (secondary N) is 5. The molecule has 7 N–H and O–H groups in total. The monoisotopic (exact) mass is 662 g/mol. The van der Waals surface area contributed by atoms with E-state index in [0.29, 0.717) is 0 Å². The Morgan fingerprint density at radius 2 is 0.795 bits per heavy atom. The summed E-state index contributed by atoms with van der Waals surface area (Å²) >= 11 is 3.88. The molecule has 0 rings (SSSR count). The molecule has 0 aromatic rings. The van der Waals surface area contributed by atoms with E-state index in [1.165, 1.54) is 147 Å². The molecule has 44 heavy (non-hydrogen) atoms. The minimum Gasteiger partial charge on any atom is -0.330 e. The quantitative estimate of drug-likeness (QED) is 0.0309. The summed E-state index contributed by atoms with van der Waals surface area (Å²) in [5.41, 5.74) is 5.53. The van der Waals surface area contributed by atoms with Crippen LogP contribution in [-0.2, 0) is 0 Å². The minimum absolute atomic E-state index is 0.785. The van der Waals surface area contributed by atoms with Crippen LogP contribution >= 0.6 is 23.9 Å². The van der Waals surface area contributed by atoms with E-state index in [9.17, 15) is 0 Å². The highest BCUT2D eigenvalue weighted by atomic mass is 32.2. The lowest BCUT2D eigenvalue weighted by Crippen LogP contribution is -2.32. The molecule has 0 aliphatic carbocycles. The molecule has 0 amide bonds. The summed E-state index contributed by atoms with van der Waals surface area (Å²) in [4.78, 5) is 2.70. The van der Waals surface area contributed by atoms with Gasteiger partial charge >= 0.3 is 0 Å². The largest absolute Gasteiger partial charge is 0.330 e. The van der Waals surface area contributed by atoms with Gasteiger partial charge in [0.2, 0.25) is 0 Å². The number of hydrogen-bond acceptors (Lipinski definition) is 9. The number of hydrogen-bond donors (Lipinski definition) is 6. The van der Waals surface area contributed by atoms with Crippen LogP contribution in [0.25, 0.3) is 0 Å². The second-order valence-electron chi connectivity index (χ2n) is 12.4. The van der Waals surface area contributed by atoms with E-state index < -0.39 is 0 Å². The third kappa shape index (κ3) is 38.6. The average Bonchev–Trinajstić information content (AvgIpc) is 3.03. The van der Waals surface area contributed by atoms with Crippen LogP contribution in [0.15, 0.2) is 0 Å². The fraction of sp³-hybridized carbons (Fsp3) is 1.00. The van der Waals surface area contributed by atoms with Crippen LogP contribution in [0.4, 0.5) is 0 Å². The van der Waals surface area contributed by atoms with Crippen LogP contribution in [0.2, 0.25) is 0 Å². The zero-order valence-corrected chi connectivity index (χ0v) is 31.3. The molecule has 0 aliphatic rings. The molecule has 0 bridgehead atoms. The zero-order chi connectivity index (χ0) is 31.9. The first-order valence-electron chi connectivity index (χ1n) is 19.1. The normalized spacial score (nSPS) is 11.7. The smallest absolute Gasteiger partial charge is 0.00786 e. The Hall–Kier alpha value is 0.420. The van der Waals surface area contributed by atoms with E-state index in [0.717, 1.165) is 65.3 Å². The number of nitrogens with two attached hydrogens (primary N) is 1. The fourth-order valence-corrected chi connectivity index (χ4v) is 6.71. The second-order valence-corrected chi connectivity index (χ2v) is 14.3. The Morgan fingerprint density at radius 3 is 1.27 bits per heavy atom. The third-order valence-corrected chi connectivity index (χ3v) is 9.76. The van der Waals surface area contributed by atoms with Crippen LogP contribution in [-0.4, -0.2) is 94.9 Å². The molecule has 9 heteroatoms. The molecule has 0 heterocycles. The van der Waals surface area contributed by atoms with Crippen molar-refractivity contribution in [3.05, 3.63) is 0 Å². The van der Waals surface area contributed by atoms with E-state index in [1.54, 1.807) is 0 Å². The van der Waals surface area contributed by atoms with Crippen LogP contribution in [0.5, 0.6) is 0 Å². The molecule has 0 atom stereocenters. The summed E-state index contributed by atoms with van der Waals surface area (Å²) in [5, 5.41) is 10.7. The summed E-state index contributed by atoms with van der Waals surface area (Å²) in [7, 11) is 0. The number of rotatable bonds is 40. The van der Waals surface area contributed by atoms with Crippen molar-refractivity contribution >= 4 is 23.9 Å². The lowest BCUT2D eigenvalue weighted by Gasteiger charge is -2.22. The predicted molar refractivity (Wildman–Crippen MR) is 204 cm³/mol. The van der Waals surface area contributed by atoms with Crippen LogP contribution in [0.3, 0.4) is 0 Å². The van der Waals surface area contributed by atoms with Crippen molar-refractivity contribution in [2.45, 2.75) is 136 Å². The Balaban J connectivity index is 3.88. The molecule has 266 valence electrons. The molecule has 0 fully saturated rings. The summed E-state index contributed by atoms with van der Waals surface area (Å²) in [6, 6.07) is 0. The summed E-state index contributed by atoms with van der Waals surface area (Å²) in [6.07, 6.45) is 25.2. The molecule has 7 nitrogen and oxygen atoms in total. The van der Waals surface area contributed by atoms with Crippen molar-refractivity contribution in [1.82, 2.24) is 30.3 Å². The Morgan fingerprint density at radius 1 is 0.409 bits per heavy atom. The first-order chi connectivity index (χ1) is 21.8.